The summed E-state index contributed by atoms with van der Waals surface area (Å²) in [6.45, 7) is 0.840. The highest BCUT2D eigenvalue weighted by molar-refractivity contribution is 7.90. The van der Waals surface area contributed by atoms with Crippen LogP contribution in [0.4, 0.5) is 26.3 Å². The molecule has 3 fully saturated rings. The molecule has 0 bridgehead atoms. The molecule has 3 aliphatic rings. The van der Waals surface area contributed by atoms with Crippen LogP contribution in [0.15, 0.2) is 27.6 Å². The van der Waals surface area contributed by atoms with Gasteiger partial charge in [-0.2, -0.15) is 31.3 Å². The number of amides is 1. The summed E-state index contributed by atoms with van der Waals surface area (Å²) in [6.07, 6.45) is -10.5. The number of carbonyl (C=O) groups is 1. The fourth-order valence-electron chi connectivity index (χ4n) is 4.79. The van der Waals surface area contributed by atoms with Gasteiger partial charge in [-0.05, 0) is 50.3 Å². The van der Waals surface area contributed by atoms with Gasteiger partial charge in [0.15, 0.2) is 21.8 Å². The van der Waals surface area contributed by atoms with Gasteiger partial charge in [0, 0.05) is 19.3 Å². The van der Waals surface area contributed by atoms with E-state index < -0.39 is 56.6 Å². The van der Waals surface area contributed by atoms with E-state index >= 15 is 0 Å². The Kier molecular flexibility index (Phi) is 5.46. The third-order valence-electron chi connectivity index (χ3n) is 7.38. The second-order valence-electron chi connectivity index (χ2n) is 9.98. The fraction of sp³-hybridized carbons (Fsp3) is 0.591. The first kappa shape index (κ1) is 25.8. The zero-order valence-electron chi connectivity index (χ0n) is 19.5. The lowest BCUT2D eigenvalue weighted by atomic mass is 10.0. The summed E-state index contributed by atoms with van der Waals surface area (Å²) >= 11 is 0. The predicted molar refractivity (Wildman–Crippen MR) is 113 cm³/mol. The number of alkyl halides is 6. The molecule has 1 aromatic heterocycles. The topological polar surface area (TPSA) is 103 Å². The number of sulfone groups is 1. The molecule has 2 aromatic rings. The second-order valence-corrected chi connectivity index (χ2v) is 12.0. The summed E-state index contributed by atoms with van der Waals surface area (Å²) in [6, 6.07) is 2.99. The van der Waals surface area contributed by atoms with Crippen LogP contribution < -0.4 is 4.74 Å². The monoisotopic (exact) mass is 553 g/mol. The Morgan fingerprint density at radius 3 is 2.46 bits per heavy atom. The molecule has 15 heteroatoms. The van der Waals surface area contributed by atoms with Crippen molar-refractivity contribution >= 4 is 15.7 Å². The maximum absolute atomic E-state index is 13.4. The first-order valence-electron chi connectivity index (χ1n) is 11.3. The van der Waals surface area contributed by atoms with E-state index in [1.165, 1.54) is 4.90 Å². The number of aromatic nitrogens is 2. The number of fused-ring (bicyclic) bond motifs is 1. The van der Waals surface area contributed by atoms with Crippen LogP contribution in [0.3, 0.4) is 0 Å². The second kappa shape index (κ2) is 7.84. The van der Waals surface area contributed by atoms with Crippen LogP contribution in [0.5, 0.6) is 5.75 Å². The van der Waals surface area contributed by atoms with E-state index in [9.17, 15) is 39.6 Å². The third-order valence-corrected chi connectivity index (χ3v) is 8.49. The van der Waals surface area contributed by atoms with Gasteiger partial charge in [-0.3, -0.25) is 4.79 Å². The lowest BCUT2D eigenvalue weighted by Gasteiger charge is -2.24. The van der Waals surface area contributed by atoms with Crippen LogP contribution in [-0.2, 0) is 20.7 Å². The van der Waals surface area contributed by atoms with Gasteiger partial charge in [0.25, 0.3) is 5.91 Å². The minimum absolute atomic E-state index is 0.0228. The molecule has 2 heterocycles. The van der Waals surface area contributed by atoms with Crippen LogP contribution in [0, 0.1) is 5.92 Å². The summed E-state index contributed by atoms with van der Waals surface area (Å²) in [5, 5.41) is 3.57. The van der Waals surface area contributed by atoms with Crippen molar-refractivity contribution in [3.05, 3.63) is 35.5 Å². The van der Waals surface area contributed by atoms with Gasteiger partial charge in [0.2, 0.25) is 5.89 Å². The van der Waals surface area contributed by atoms with Crippen LogP contribution in [0.2, 0.25) is 0 Å². The van der Waals surface area contributed by atoms with Crippen molar-refractivity contribution in [2.75, 3.05) is 19.3 Å². The van der Waals surface area contributed by atoms with Gasteiger partial charge >= 0.3 is 12.4 Å². The normalized spacial score (nSPS) is 25.5. The van der Waals surface area contributed by atoms with Crippen molar-refractivity contribution in [1.29, 1.82) is 0 Å². The molecule has 5 rings (SSSR count). The van der Waals surface area contributed by atoms with Crippen LogP contribution in [0.25, 0.3) is 0 Å². The highest BCUT2D eigenvalue weighted by Crippen LogP contribution is 2.61. The number of carbonyl (C=O) groups excluding carboxylic acids is 1. The molecule has 202 valence electrons. The summed E-state index contributed by atoms with van der Waals surface area (Å²) in [4.78, 5) is 18.4. The zero-order chi connectivity index (χ0) is 27.2. The Hall–Kier alpha value is -2.84. The smallest absolute Gasteiger partial charge is 0.425 e. The first-order chi connectivity index (χ1) is 17.0. The Bertz CT molecular complexity index is 1370. The average molecular weight is 553 g/mol. The molecule has 2 saturated carbocycles. The number of rotatable bonds is 6. The SMILES string of the molecule is CC(Oc1ccc(S(C)(=O)=O)cc1C(=O)N1CC2CC2(c2nc(C3(C(F)(F)F)CC3)no2)C1)C(F)(F)F. The molecule has 1 saturated heterocycles. The van der Waals surface area contributed by atoms with Crippen molar-refractivity contribution in [2.45, 2.75) is 60.4 Å². The zero-order valence-corrected chi connectivity index (χ0v) is 20.3. The largest absolute Gasteiger partial charge is 0.480 e. The summed E-state index contributed by atoms with van der Waals surface area (Å²) in [5.74, 6) is -1.90. The number of benzene rings is 1. The van der Waals surface area contributed by atoms with Gasteiger partial charge in [0.1, 0.15) is 11.2 Å². The number of hydrogen-bond donors (Lipinski definition) is 0. The maximum atomic E-state index is 13.4. The Labute approximate surface area is 206 Å². The molecule has 3 unspecified atom stereocenters. The molecule has 0 N–H and O–H groups in total. The highest BCUT2D eigenvalue weighted by atomic mass is 32.2. The standard InChI is InChI=1S/C22H21F6N3O5S/c1-11(21(23,24)25)35-15-4-3-13(37(2,33)34)7-14(15)16(32)31-9-12-8-19(12,10-31)18-29-17(30-36-18)20(5-6-20)22(26,27)28/h3-4,7,11-12H,5-6,8-10H2,1-2H3. The minimum atomic E-state index is -4.74. The van der Waals surface area contributed by atoms with Crippen molar-refractivity contribution in [3.8, 4) is 5.75 Å². The molecule has 0 spiro atoms. The fourth-order valence-corrected chi connectivity index (χ4v) is 5.43. The number of hydrogen-bond acceptors (Lipinski definition) is 7. The molecule has 1 aromatic carbocycles. The third kappa shape index (κ3) is 4.24. The molecule has 2 aliphatic carbocycles. The lowest BCUT2D eigenvalue weighted by Crippen LogP contribution is -2.35. The van der Waals surface area contributed by atoms with Gasteiger partial charge in [-0.25, -0.2) is 8.42 Å². The van der Waals surface area contributed by atoms with E-state index in [1.54, 1.807) is 0 Å². The molecule has 37 heavy (non-hydrogen) atoms. The highest BCUT2D eigenvalue weighted by Gasteiger charge is 2.69. The Balaban J connectivity index is 1.41. The van der Waals surface area contributed by atoms with E-state index in [4.69, 9.17) is 9.26 Å². The molecular weight excluding hydrogens is 532 g/mol. The van der Waals surface area contributed by atoms with Crippen molar-refractivity contribution in [1.82, 2.24) is 15.0 Å². The van der Waals surface area contributed by atoms with E-state index in [2.05, 4.69) is 10.1 Å². The summed E-state index contributed by atoms with van der Waals surface area (Å²) < 4.78 is 114. The molecule has 1 aliphatic heterocycles. The van der Waals surface area contributed by atoms with E-state index in [-0.39, 0.29) is 48.2 Å². The Morgan fingerprint density at radius 2 is 1.89 bits per heavy atom. The van der Waals surface area contributed by atoms with Crippen LogP contribution in [0.1, 0.15) is 48.3 Å². The lowest BCUT2D eigenvalue weighted by molar-refractivity contribution is -0.189. The number of piperidine rings is 1. The Morgan fingerprint density at radius 1 is 1.22 bits per heavy atom. The van der Waals surface area contributed by atoms with E-state index in [1.807, 2.05) is 0 Å². The van der Waals surface area contributed by atoms with Crippen molar-refractivity contribution < 1.29 is 48.8 Å². The van der Waals surface area contributed by atoms with Crippen LogP contribution >= 0.6 is 0 Å². The molecule has 8 nitrogen and oxygen atoms in total. The van der Waals surface area contributed by atoms with E-state index in [0.717, 1.165) is 31.4 Å². The maximum Gasteiger partial charge on any atom is 0.425 e. The number of ether oxygens (including phenoxy) is 1. The molecule has 0 radical (unpaired) electrons. The number of nitrogens with zero attached hydrogens (tertiary/aromatic N) is 3. The van der Waals surface area contributed by atoms with Crippen LogP contribution in [-0.4, -0.2) is 67.2 Å². The first-order valence-corrected chi connectivity index (χ1v) is 13.2. The van der Waals surface area contributed by atoms with Crippen molar-refractivity contribution in [3.63, 3.8) is 0 Å². The van der Waals surface area contributed by atoms with Gasteiger partial charge < -0.3 is 14.2 Å². The molecule has 3 atom stereocenters. The van der Waals surface area contributed by atoms with E-state index in [0.29, 0.717) is 6.42 Å². The quantitative estimate of drug-likeness (QED) is 0.502. The number of halogens is 6. The van der Waals surface area contributed by atoms with Gasteiger partial charge in [0.05, 0.1) is 15.9 Å². The molecule has 1 amide bonds. The predicted octanol–water partition coefficient (Wildman–Crippen LogP) is 3.81. The summed E-state index contributed by atoms with van der Waals surface area (Å²) in [7, 11) is -3.80. The van der Waals surface area contributed by atoms with Gasteiger partial charge in [-0.1, -0.05) is 5.16 Å². The molecular formula is C22H21F6N3O5S. The van der Waals surface area contributed by atoms with Gasteiger partial charge in [-0.15, -0.1) is 0 Å². The number of likely N-dealkylation sites (tertiary alicyclic amines) is 1. The summed E-state index contributed by atoms with van der Waals surface area (Å²) in [5.41, 5.74) is -3.37. The van der Waals surface area contributed by atoms with Crippen molar-refractivity contribution in [2.24, 2.45) is 5.92 Å². The minimum Gasteiger partial charge on any atom is -0.480 e. The average Bonchev–Trinajstić information content (AvgIpc) is 3.63.